The number of thioether (sulfide) groups is 1. The molecule has 1 heterocycles. The summed E-state index contributed by atoms with van der Waals surface area (Å²) >= 11 is 1.49. The Hall–Kier alpha value is 0.260. The van der Waals surface area contributed by atoms with Crippen LogP contribution in [0.2, 0.25) is 0 Å². The quantitative estimate of drug-likeness (QED) is 0.557. The molecule has 1 aliphatic rings. The molecular formula is C5H11NO2S2. The van der Waals surface area contributed by atoms with E-state index in [4.69, 9.17) is 0 Å². The predicted octanol–water partition coefficient (Wildman–Crippen LogP) is -0.305. The summed E-state index contributed by atoms with van der Waals surface area (Å²) in [5.41, 5.74) is 0. The molecule has 0 aromatic carbocycles. The van der Waals surface area contributed by atoms with Crippen LogP contribution in [0.1, 0.15) is 0 Å². The van der Waals surface area contributed by atoms with E-state index in [1.807, 2.05) is 0 Å². The molecule has 0 amide bonds. The first-order valence-corrected chi connectivity index (χ1v) is 6.17. The van der Waals surface area contributed by atoms with E-state index in [0.29, 0.717) is 17.4 Å². The third-order valence-corrected chi connectivity index (χ3v) is 4.70. The standard InChI is InChI=1S/C5H11NO2S2/c7-10(8)4-2-6-1-3-9-5-10/h6H,1-5H2. The number of rotatable bonds is 0. The van der Waals surface area contributed by atoms with Crippen molar-refractivity contribution in [3.63, 3.8) is 0 Å². The first kappa shape index (κ1) is 8.36. The molecule has 1 rings (SSSR count). The highest BCUT2D eigenvalue weighted by molar-refractivity contribution is 8.12. The van der Waals surface area contributed by atoms with E-state index in [-0.39, 0.29) is 0 Å². The van der Waals surface area contributed by atoms with Crippen LogP contribution in [0.15, 0.2) is 0 Å². The summed E-state index contributed by atoms with van der Waals surface area (Å²) in [6.45, 7) is 1.54. The van der Waals surface area contributed by atoms with Gasteiger partial charge in [-0.25, -0.2) is 8.42 Å². The minimum Gasteiger partial charge on any atom is -0.315 e. The van der Waals surface area contributed by atoms with E-state index >= 15 is 0 Å². The Morgan fingerprint density at radius 1 is 1.30 bits per heavy atom. The largest absolute Gasteiger partial charge is 0.315 e. The van der Waals surface area contributed by atoms with Gasteiger partial charge in [-0.3, -0.25) is 0 Å². The normalized spacial score (nSPS) is 26.8. The maximum atomic E-state index is 11.0. The SMILES string of the molecule is O=S1(=O)CCNCCSC1. The smallest absolute Gasteiger partial charge is 0.160 e. The number of nitrogens with one attached hydrogen (secondary N) is 1. The second kappa shape index (κ2) is 3.59. The zero-order valence-corrected chi connectivity index (χ0v) is 7.30. The fourth-order valence-electron chi connectivity index (χ4n) is 0.742. The molecule has 0 spiro atoms. The molecule has 1 aliphatic heterocycles. The van der Waals surface area contributed by atoms with Crippen molar-refractivity contribution < 1.29 is 8.42 Å². The van der Waals surface area contributed by atoms with Crippen LogP contribution in [0, 0.1) is 0 Å². The highest BCUT2D eigenvalue weighted by Gasteiger charge is 2.11. The monoisotopic (exact) mass is 181 g/mol. The van der Waals surface area contributed by atoms with Crippen molar-refractivity contribution >= 4 is 21.6 Å². The second-order valence-electron chi connectivity index (χ2n) is 2.22. The van der Waals surface area contributed by atoms with Gasteiger partial charge in [0.2, 0.25) is 0 Å². The Bertz CT molecular complexity index is 174. The maximum Gasteiger partial charge on any atom is 0.160 e. The Morgan fingerprint density at radius 3 is 2.90 bits per heavy atom. The zero-order valence-electron chi connectivity index (χ0n) is 5.67. The van der Waals surface area contributed by atoms with Gasteiger partial charge in [-0.1, -0.05) is 0 Å². The lowest BCUT2D eigenvalue weighted by molar-refractivity contribution is 0.596. The third-order valence-electron chi connectivity index (χ3n) is 1.28. The summed E-state index contributed by atoms with van der Waals surface area (Å²) in [7, 11) is -2.74. The van der Waals surface area contributed by atoms with Gasteiger partial charge in [0.25, 0.3) is 0 Å². The van der Waals surface area contributed by atoms with E-state index in [1.165, 1.54) is 11.8 Å². The van der Waals surface area contributed by atoms with Crippen molar-refractivity contribution in [2.24, 2.45) is 0 Å². The number of sulfone groups is 1. The second-order valence-corrected chi connectivity index (χ2v) is 5.88. The molecule has 60 valence electrons. The molecule has 3 nitrogen and oxygen atoms in total. The molecule has 1 fully saturated rings. The highest BCUT2D eigenvalue weighted by Crippen LogP contribution is 2.06. The molecular weight excluding hydrogens is 170 g/mol. The van der Waals surface area contributed by atoms with Crippen LogP contribution in [-0.2, 0) is 9.84 Å². The molecule has 10 heavy (non-hydrogen) atoms. The fourth-order valence-corrected chi connectivity index (χ4v) is 3.44. The van der Waals surface area contributed by atoms with Crippen LogP contribution >= 0.6 is 11.8 Å². The lowest BCUT2D eigenvalue weighted by Crippen LogP contribution is -2.28. The van der Waals surface area contributed by atoms with Gasteiger partial charge >= 0.3 is 0 Å². The molecule has 5 heteroatoms. The molecule has 0 unspecified atom stereocenters. The van der Waals surface area contributed by atoms with Crippen LogP contribution < -0.4 is 5.32 Å². The van der Waals surface area contributed by atoms with Crippen molar-refractivity contribution in [1.29, 1.82) is 0 Å². The van der Waals surface area contributed by atoms with Gasteiger partial charge in [0.15, 0.2) is 9.84 Å². The number of hydrogen-bond donors (Lipinski definition) is 1. The Balaban J connectivity index is 2.46. The Kier molecular flexibility index (Phi) is 3.00. The van der Waals surface area contributed by atoms with Crippen molar-refractivity contribution in [3.8, 4) is 0 Å². The molecule has 0 aromatic rings. The van der Waals surface area contributed by atoms with Gasteiger partial charge in [-0.15, -0.1) is 11.8 Å². The minimum absolute atomic E-state index is 0.292. The van der Waals surface area contributed by atoms with Crippen molar-refractivity contribution in [2.45, 2.75) is 0 Å². The van der Waals surface area contributed by atoms with Crippen molar-refractivity contribution in [3.05, 3.63) is 0 Å². The summed E-state index contributed by atoms with van der Waals surface area (Å²) < 4.78 is 21.9. The first-order chi connectivity index (χ1) is 4.71. The summed E-state index contributed by atoms with van der Waals surface area (Å²) in [5, 5.41) is 3.34. The molecule has 0 aromatic heterocycles. The summed E-state index contributed by atoms with van der Waals surface area (Å²) in [6, 6.07) is 0. The molecule has 0 radical (unpaired) electrons. The Labute approximate surface area is 65.5 Å². The van der Waals surface area contributed by atoms with E-state index < -0.39 is 9.84 Å². The van der Waals surface area contributed by atoms with Crippen LogP contribution in [0.4, 0.5) is 0 Å². The van der Waals surface area contributed by atoms with Gasteiger partial charge in [0.1, 0.15) is 0 Å². The average Bonchev–Trinajstić information content (AvgIpc) is 1.81. The maximum absolute atomic E-state index is 11.0. The van der Waals surface area contributed by atoms with Crippen LogP contribution in [-0.4, -0.2) is 38.1 Å². The molecule has 0 aliphatic carbocycles. The average molecular weight is 181 g/mol. The Morgan fingerprint density at radius 2 is 2.10 bits per heavy atom. The highest BCUT2D eigenvalue weighted by atomic mass is 32.3. The third kappa shape index (κ3) is 2.90. The number of hydrogen-bond acceptors (Lipinski definition) is 4. The van der Waals surface area contributed by atoms with Gasteiger partial charge < -0.3 is 5.32 Å². The van der Waals surface area contributed by atoms with Gasteiger partial charge in [0.05, 0.1) is 10.8 Å². The van der Waals surface area contributed by atoms with E-state index in [0.717, 1.165) is 12.3 Å². The van der Waals surface area contributed by atoms with E-state index in [2.05, 4.69) is 5.32 Å². The summed E-state index contributed by atoms with van der Waals surface area (Å²) in [4.78, 5) is 0. The van der Waals surface area contributed by atoms with Crippen LogP contribution in [0.3, 0.4) is 0 Å². The topological polar surface area (TPSA) is 46.2 Å². The molecule has 0 saturated carbocycles. The van der Waals surface area contributed by atoms with Gasteiger partial charge in [-0.2, -0.15) is 0 Å². The van der Waals surface area contributed by atoms with E-state index in [1.54, 1.807) is 0 Å². The lowest BCUT2D eigenvalue weighted by atomic mass is 10.7. The summed E-state index contributed by atoms with van der Waals surface area (Å²) in [5.74, 6) is 1.19. The molecule has 1 saturated heterocycles. The predicted molar refractivity (Wildman–Crippen MR) is 44.0 cm³/mol. The fraction of sp³-hybridized carbons (Fsp3) is 1.00. The molecule has 0 bridgehead atoms. The van der Waals surface area contributed by atoms with Crippen LogP contribution in [0.25, 0.3) is 0 Å². The molecule has 0 atom stereocenters. The van der Waals surface area contributed by atoms with Gasteiger partial charge in [0, 0.05) is 18.8 Å². The van der Waals surface area contributed by atoms with E-state index in [9.17, 15) is 8.42 Å². The first-order valence-electron chi connectivity index (χ1n) is 3.20. The van der Waals surface area contributed by atoms with Crippen molar-refractivity contribution in [1.82, 2.24) is 5.32 Å². The van der Waals surface area contributed by atoms with Crippen LogP contribution in [0.5, 0.6) is 0 Å². The lowest BCUT2D eigenvalue weighted by Gasteiger charge is -2.09. The van der Waals surface area contributed by atoms with Crippen molar-refractivity contribution in [2.75, 3.05) is 29.7 Å². The van der Waals surface area contributed by atoms with Gasteiger partial charge in [-0.05, 0) is 0 Å². The minimum atomic E-state index is -2.74. The summed E-state index contributed by atoms with van der Waals surface area (Å²) in [6.07, 6.45) is 0. The zero-order chi connectivity index (χ0) is 7.45. The molecule has 1 N–H and O–H groups in total.